The molecule has 9 heteroatoms. The summed E-state index contributed by atoms with van der Waals surface area (Å²) in [5.41, 5.74) is 2.89. The third-order valence-electron chi connectivity index (χ3n) is 4.16. The van der Waals surface area contributed by atoms with E-state index < -0.39 is 0 Å². The summed E-state index contributed by atoms with van der Waals surface area (Å²) in [6.45, 7) is 6.27. The molecule has 1 aromatic carbocycles. The molecule has 0 aliphatic rings. The second-order valence-electron chi connectivity index (χ2n) is 6.30. The first-order chi connectivity index (χ1) is 13.5. The maximum absolute atomic E-state index is 12.2. The van der Waals surface area contributed by atoms with E-state index in [1.807, 2.05) is 35.1 Å². The number of thiazole rings is 1. The lowest BCUT2D eigenvalue weighted by atomic mass is 10.1. The highest BCUT2D eigenvalue weighted by Crippen LogP contribution is 2.20. The molecule has 0 spiro atoms. The summed E-state index contributed by atoms with van der Waals surface area (Å²) in [4.78, 5) is 16.7. The molecule has 0 radical (unpaired) electrons. The number of hydrogen-bond acceptors (Lipinski definition) is 5. The third kappa shape index (κ3) is 5.15. The number of amides is 1. The number of nitrogens with one attached hydrogen (secondary N) is 2. The second kappa shape index (κ2) is 9.27. The van der Waals surface area contributed by atoms with Crippen molar-refractivity contribution in [3.05, 3.63) is 68.7 Å². The molecule has 0 aliphatic carbocycles. The molecule has 0 saturated heterocycles. The fourth-order valence-corrected chi connectivity index (χ4v) is 3.80. The molecule has 2 aromatic heterocycles. The number of benzene rings is 1. The van der Waals surface area contributed by atoms with Crippen molar-refractivity contribution in [3.63, 3.8) is 0 Å². The summed E-state index contributed by atoms with van der Waals surface area (Å²) in [7, 11) is 0. The van der Waals surface area contributed by atoms with Crippen molar-refractivity contribution in [2.75, 3.05) is 5.32 Å². The van der Waals surface area contributed by atoms with E-state index in [0.29, 0.717) is 35.7 Å². The van der Waals surface area contributed by atoms with Gasteiger partial charge in [0, 0.05) is 23.4 Å². The minimum absolute atomic E-state index is 0.0769. The molecule has 0 fully saturated rings. The van der Waals surface area contributed by atoms with Gasteiger partial charge in [-0.25, -0.2) is 4.98 Å². The summed E-state index contributed by atoms with van der Waals surface area (Å²) >= 11 is 12.7. The number of nitrogens with zero attached hydrogens (tertiary/aromatic N) is 3. The van der Waals surface area contributed by atoms with Crippen LogP contribution in [0.25, 0.3) is 0 Å². The van der Waals surface area contributed by atoms with Crippen LogP contribution in [-0.2, 0) is 24.2 Å². The zero-order valence-electron chi connectivity index (χ0n) is 15.4. The number of aryl methyl sites for hydroxylation is 2. The van der Waals surface area contributed by atoms with Gasteiger partial charge in [0.05, 0.1) is 12.1 Å². The summed E-state index contributed by atoms with van der Waals surface area (Å²) in [5.74, 6) is 0.705. The molecule has 6 nitrogen and oxygen atoms in total. The lowest BCUT2D eigenvalue weighted by Gasteiger charge is -2.04. The Morgan fingerprint density at radius 3 is 3.07 bits per heavy atom. The van der Waals surface area contributed by atoms with Crippen LogP contribution >= 0.6 is 35.2 Å². The zero-order valence-corrected chi connectivity index (χ0v) is 17.8. The first kappa shape index (κ1) is 20.4. The maximum atomic E-state index is 12.2. The predicted octanol–water partition coefficient (Wildman–Crippen LogP) is 4.71. The van der Waals surface area contributed by atoms with Crippen LogP contribution in [-0.4, -0.2) is 25.7 Å². The van der Waals surface area contributed by atoms with Crippen LogP contribution in [0.1, 0.15) is 29.1 Å². The summed E-state index contributed by atoms with van der Waals surface area (Å²) in [5, 5.41) is 13.1. The van der Waals surface area contributed by atoms with E-state index in [1.165, 1.54) is 11.3 Å². The SMILES string of the molecule is C=CCn1c(Cc2csc(NC(=O)CCc3ccc(C)c(Cl)c3)n2)n[nH]c1=S. The molecule has 2 N–H and O–H groups in total. The van der Waals surface area contributed by atoms with Gasteiger partial charge in [0.25, 0.3) is 0 Å². The van der Waals surface area contributed by atoms with E-state index in [2.05, 4.69) is 27.1 Å². The van der Waals surface area contributed by atoms with Gasteiger partial charge in [0.15, 0.2) is 9.90 Å². The Balaban J connectivity index is 1.56. The Kier molecular flexibility index (Phi) is 6.77. The molecule has 2 heterocycles. The maximum Gasteiger partial charge on any atom is 0.226 e. The highest BCUT2D eigenvalue weighted by molar-refractivity contribution is 7.71. The predicted molar refractivity (Wildman–Crippen MR) is 116 cm³/mol. The molecular weight excluding hydrogens is 414 g/mol. The van der Waals surface area contributed by atoms with Crippen molar-refractivity contribution in [2.24, 2.45) is 0 Å². The Hall–Kier alpha value is -2.29. The van der Waals surface area contributed by atoms with Gasteiger partial charge in [-0.3, -0.25) is 14.5 Å². The average molecular weight is 434 g/mol. The van der Waals surface area contributed by atoms with Gasteiger partial charge >= 0.3 is 0 Å². The molecular formula is C19H20ClN5OS2. The fourth-order valence-electron chi connectivity index (χ4n) is 2.64. The lowest BCUT2D eigenvalue weighted by molar-refractivity contribution is -0.116. The van der Waals surface area contributed by atoms with E-state index in [1.54, 1.807) is 6.08 Å². The average Bonchev–Trinajstić information content (AvgIpc) is 3.24. The summed E-state index contributed by atoms with van der Waals surface area (Å²) in [6.07, 6.45) is 3.28. The van der Waals surface area contributed by atoms with Crippen molar-refractivity contribution < 1.29 is 4.79 Å². The third-order valence-corrected chi connectivity index (χ3v) is 5.69. The van der Waals surface area contributed by atoms with Crippen LogP contribution in [0.15, 0.2) is 36.2 Å². The molecule has 1 amide bonds. The first-order valence-electron chi connectivity index (χ1n) is 8.70. The van der Waals surface area contributed by atoms with Gasteiger partial charge in [-0.1, -0.05) is 29.8 Å². The molecule has 3 aromatic rings. The molecule has 0 atom stereocenters. The van der Waals surface area contributed by atoms with E-state index >= 15 is 0 Å². The number of carbonyl (C=O) groups excluding carboxylic acids is 1. The molecule has 0 aliphatic heterocycles. The molecule has 0 bridgehead atoms. The Morgan fingerprint density at radius 1 is 1.50 bits per heavy atom. The van der Waals surface area contributed by atoms with Crippen LogP contribution in [0.2, 0.25) is 5.02 Å². The Bertz CT molecular complexity index is 1050. The second-order valence-corrected chi connectivity index (χ2v) is 7.95. The van der Waals surface area contributed by atoms with E-state index in [-0.39, 0.29) is 5.91 Å². The minimum atomic E-state index is -0.0769. The van der Waals surface area contributed by atoms with Crippen molar-refractivity contribution in [1.29, 1.82) is 0 Å². The van der Waals surface area contributed by atoms with Crippen LogP contribution in [0.3, 0.4) is 0 Å². The fraction of sp³-hybridized carbons (Fsp3) is 0.263. The molecule has 3 rings (SSSR count). The number of allylic oxidation sites excluding steroid dienone is 1. The van der Waals surface area contributed by atoms with Gasteiger partial charge in [0.1, 0.15) is 5.82 Å². The molecule has 146 valence electrons. The number of anilines is 1. The highest BCUT2D eigenvalue weighted by atomic mass is 35.5. The number of aromatic amines is 1. The number of halogens is 1. The topological polar surface area (TPSA) is 75.6 Å². The zero-order chi connectivity index (χ0) is 20.1. The number of H-pyrrole nitrogens is 1. The van der Waals surface area contributed by atoms with Gasteiger partial charge < -0.3 is 5.32 Å². The number of rotatable bonds is 8. The lowest BCUT2D eigenvalue weighted by Crippen LogP contribution is -2.12. The quantitative estimate of drug-likeness (QED) is 0.398. The largest absolute Gasteiger partial charge is 0.302 e. The number of aromatic nitrogens is 4. The van der Waals surface area contributed by atoms with Gasteiger partial charge in [-0.05, 0) is 42.8 Å². The van der Waals surface area contributed by atoms with Crippen molar-refractivity contribution in [1.82, 2.24) is 19.7 Å². The molecule has 0 saturated carbocycles. The molecule has 28 heavy (non-hydrogen) atoms. The van der Waals surface area contributed by atoms with Crippen LogP contribution < -0.4 is 5.32 Å². The van der Waals surface area contributed by atoms with Crippen molar-refractivity contribution in [2.45, 2.75) is 32.7 Å². The van der Waals surface area contributed by atoms with Crippen LogP contribution in [0.4, 0.5) is 5.13 Å². The van der Waals surface area contributed by atoms with Gasteiger partial charge in [0.2, 0.25) is 5.91 Å². The van der Waals surface area contributed by atoms with Gasteiger partial charge in [-0.15, -0.1) is 17.9 Å². The molecule has 0 unspecified atom stereocenters. The normalized spacial score (nSPS) is 10.8. The van der Waals surface area contributed by atoms with E-state index in [4.69, 9.17) is 23.8 Å². The highest BCUT2D eigenvalue weighted by Gasteiger charge is 2.11. The van der Waals surface area contributed by atoms with Crippen molar-refractivity contribution in [3.8, 4) is 0 Å². The number of hydrogen-bond donors (Lipinski definition) is 2. The smallest absolute Gasteiger partial charge is 0.226 e. The monoisotopic (exact) mass is 433 g/mol. The number of carbonyl (C=O) groups is 1. The van der Waals surface area contributed by atoms with Crippen LogP contribution in [0, 0.1) is 11.7 Å². The standard InChI is InChI=1S/C19H20ClN5OS2/c1-3-8-25-16(23-24-19(25)27)10-14-11-28-18(21-14)22-17(26)7-6-13-5-4-12(2)15(20)9-13/h3-5,9,11H,1,6-8,10H2,2H3,(H,24,27)(H,21,22,26). The summed E-state index contributed by atoms with van der Waals surface area (Å²) in [6, 6.07) is 5.86. The van der Waals surface area contributed by atoms with E-state index in [9.17, 15) is 4.79 Å². The summed E-state index contributed by atoms with van der Waals surface area (Å²) < 4.78 is 2.42. The van der Waals surface area contributed by atoms with Crippen LogP contribution in [0.5, 0.6) is 0 Å². The van der Waals surface area contributed by atoms with E-state index in [0.717, 1.165) is 27.7 Å². The minimum Gasteiger partial charge on any atom is -0.302 e. The Labute approximate surface area is 177 Å². The first-order valence-corrected chi connectivity index (χ1v) is 10.4. The Morgan fingerprint density at radius 2 is 2.32 bits per heavy atom. The van der Waals surface area contributed by atoms with Crippen molar-refractivity contribution >= 4 is 46.2 Å². The van der Waals surface area contributed by atoms with Gasteiger partial charge in [-0.2, -0.15) is 5.10 Å².